The van der Waals surface area contributed by atoms with Crippen molar-refractivity contribution in [1.82, 2.24) is 20.4 Å². The lowest BCUT2D eigenvalue weighted by molar-refractivity contribution is -0.131. The Morgan fingerprint density at radius 2 is 2.05 bits per heavy atom. The molecule has 116 valence electrons. The number of carbonyl (C=O) groups is 2. The first kappa shape index (κ1) is 16.8. The van der Waals surface area contributed by atoms with E-state index in [1.165, 1.54) is 0 Å². The van der Waals surface area contributed by atoms with Crippen LogP contribution in [0.15, 0.2) is 0 Å². The molecule has 20 heavy (non-hydrogen) atoms. The van der Waals surface area contributed by atoms with E-state index in [1.807, 2.05) is 39.8 Å². The average molecular weight is 284 g/mol. The van der Waals surface area contributed by atoms with E-state index in [2.05, 4.69) is 15.5 Å². The predicted molar refractivity (Wildman–Crippen MR) is 79.6 cm³/mol. The number of carbonyl (C=O) groups excluding carboxylic acids is 2. The second kappa shape index (κ2) is 6.92. The van der Waals surface area contributed by atoms with Gasteiger partial charge in [-0.3, -0.25) is 4.79 Å². The Balaban J connectivity index is 2.29. The Morgan fingerprint density at radius 3 is 2.55 bits per heavy atom. The molecule has 0 aromatic heterocycles. The lowest BCUT2D eigenvalue weighted by Gasteiger charge is -2.32. The van der Waals surface area contributed by atoms with Crippen molar-refractivity contribution in [2.45, 2.75) is 45.2 Å². The zero-order valence-corrected chi connectivity index (χ0v) is 13.3. The maximum absolute atomic E-state index is 11.9. The van der Waals surface area contributed by atoms with Crippen LogP contribution in [0.1, 0.15) is 33.6 Å². The smallest absolute Gasteiger partial charge is 0.315 e. The number of nitrogens with zero attached hydrogens (tertiary/aromatic N) is 2. The fourth-order valence-electron chi connectivity index (χ4n) is 2.29. The molecule has 0 bridgehead atoms. The number of urea groups is 1. The second-order valence-corrected chi connectivity index (χ2v) is 6.63. The fraction of sp³-hybridized carbons (Fsp3) is 0.857. The SMILES string of the molecule is CN(C)CCCNC(=O)NC1CC(=O)N(C(C)(C)C)C1. The highest BCUT2D eigenvalue weighted by atomic mass is 16.2. The van der Waals surface area contributed by atoms with Gasteiger partial charge in [0.05, 0.1) is 6.04 Å². The van der Waals surface area contributed by atoms with Crippen molar-refractivity contribution < 1.29 is 9.59 Å². The third kappa shape index (κ3) is 5.36. The second-order valence-electron chi connectivity index (χ2n) is 6.63. The molecule has 2 N–H and O–H groups in total. The highest BCUT2D eigenvalue weighted by Crippen LogP contribution is 2.21. The number of likely N-dealkylation sites (tertiary alicyclic amines) is 1. The molecule has 0 aliphatic carbocycles. The molecule has 6 nitrogen and oxygen atoms in total. The Labute approximate surface area is 121 Å². The Morgan fingerprint density at radius 1 is 1.40 bits per heavy atom. The molecule has 0 spiro atoms. The summed E-state index contributed by atoms with van der Waals surface area (Å²) in [5.74, 6) is 0.107. The van der Waals surface area contributed by atoms with Gasteiger partial charge in [0.25, 0.3) is 0 Å². The molecule has 0 aromatic carbocycles. The zero-order valence-electron chi connectivity index (χ0n) is 13.3. The molecular formula is C14H28N4O2. The highest BCUT2D eigenvalue weighted by molar-refractivity contribution is 5.82. The summed E-state index contributed by atoms with van der Waals surface area (Å²) in [6, 6.07) is -0.270. The molecule has 1 rings (SSSR count). The van der Waals surface area contributed by atoms with Gasteiger partial charge in [-0.25, -0.2) is 4.79 Å². The number of rotatable bonds is 5. The van der Waals surface area contributed by atoms with E-state index in [9.17, 15) is 9.59 Å². The van der Waals surface area contributed by atoms with Crippen LogP contribution in [0.25, 0.3) is 0 Å². The minimum Gasteiger partial charge on any atom is -0.338 e. The van der Waals surface area contributed by atoms with Gasteiger partial charge in [0.2, 0.25) is 5.91 Å². The van der Waals surface area contributed by atoms with Gasteiger partial charge in [0, 0.05) is 25.0 Å². The molecule has 0 radical (unpaired) electrons. The van der Waals surface area contributed by atoms with Crippen molar-refractivity contribution in [3.8, 4) is 0 Å². The van der Waals surface area contributed by atoms with Gasteiger partial charge in [-0.2, -0.15) is 0 Å². The molecule has 0 saturated carbocycles. The van der Waals surface area contributed by atoms with Crippen LogP contribution in [0, 0.1) is 0 Å². The summed E-state index contributed by atoms with van der Waals surface area (Å²) in [7, 11) is 4.01. The third-order valence-corrected chi connectivity index (χ3v) is 3.34. The van der Waals surface area contributed by atoms with E-state index in [0.717, 1.165) is 13.0 Å². The number of hydrogen-bond donors (Lipinski definition) is 2. The first-order valence-electron chi connectivity index (χ1n) is 7.19. The molecule has 1 aliphatic heterocycles. The van der Waals surface area contributed by atoms with Crippen LogP contribution in [0.5, 0.6) is 0 Å². The lowest BCUT2D eigenvalue weighted by atomic mass is 10.1. The van der Waals surface area contributed by atoms with E-state index >= 15 is 0 Å². The molecule has 1 fully saturated rings. The average Bonchev–Trinajstić information content (AvgIpc) is 2.65. The third-order valence-electron chi connectivity index (χ3n) is 3.34. The Kier molecular flexibility index (Phi) is 5.80. The van der Waals surface area contributed by atoms with Crippen molar-refractivity contribution in [3.63, 3.8) is 0 Å². The largest absolute Gasteiger partial charge is 0.338 e. The molecular weight excluding hydrogens is 256 g/mol. The zero-order chi connectivity index (χ0) is 15.3. The molecule has 1 heterocycles. The van der Waals surface area contributed by atoms with E-state index in [4.69, 9.17) is 0 Å². The maximum atomic E-state index is 11.9. The molecule has 0 aromatic rings. The normalized spacial score (nSPS) is 19.6. The van der Waals surface area contributed by atoms with E-state index < -0.39 is 0 Å². The monoisotopic (exact) mass is 284 g/mol. The van der Waals surface area contributed by atoms with Crippen molar-refractivity contribution in [3.05, 3.63) is 0 Å². The van der Waals surface area contributed by atoms with Crippen LogP contribution in [0.2, 0.25) is 0 Å². The van der Waals surface area contributed by atoms with E-state index in [0.29, 0.717) is 19.5 Å². The first-order chi connectivity index (χ1) is 9.20. The fourth-order valence-corrected chi connectivity index (χ4v) is 2.29. The summed E-state index contributed by atoms with van der Waals surface area (Å²) in [4.78, 5) is 27.5. The summed E-state index contributed by atoms with van der Waals surface area (Å²) in [6.07, 6.45) is 1.31. The number of amides is 3. The van der Waals surface area contributed by atoms with E-state index in [-0.39, 0.29) is 23.5 Å². The van der Waals surface area contributed by atoms with Crippen LogP contribution in [0.3, 0.4) is 0 Å². The van der Waals surface area contributed by atoms with E-state index in [1.54, 1.807) is 0 Å². The summed E-state index contributed by atoms with van der Waals surface area (Å²) in [6.45, 7) is 8.21. The molecule has 1 unspecified atom stereocenters. The van der Waals surface area contributed by atoms with Crippen molar-refractivity contribution in [2.75, 3.05) is 33.7 Å². The summed E-state index contributed by atoms with van der Waals surface area (Å²) < 4.78 is 0. The molecule has 1 saturated heterocycles. The molecule has 1 aliphatic rings. The predicted octanol–water partition coefficient (Wildman–Crippen LogP) is 0.637. The minimum absolute atomic E-state index is 0.0874. The number of nitrogens with one attached hydrogen (secondary N) is 2. The van der Waals surface area contributed by atoms with Crippen LogP contribution in [-0.4, -0.2) is 67.0 Å². The summed E-state index contributed by atoms with van der Waals surface area (Å²) in [5, 5.41) is 5.70. The van der Waals surface area contributed by atoms with Gasteiger partial charge < -0.3 is 20.4 Å². The molecule has 3 amide bonds. The van der Waals surface area contributed by atoms with Gasteiger partial charge in [-0.1, -0.05) is 0 Å². The topological polar surface area (TPSA) is 64.7 Å². The molecule has 1 atom stereocenters. The van der Waals surface area contributed by atoms with Gasteiger partial charge in [0.15, 0.2) is 0 Å². The lowest BCUT2D eigenvalue weighted by Crippen LogP contribution is -2.46. The quantitative estimate of drug-likeness (QED) is 0.728. The Bertz CT molecular complexity index is 350. The van der Waals surface area contributed by atoms with Crippen LogP contribution >= 0.6 is 0 Å². The van der Waals surface area contributed by atoms with Crippen LogP contribution in [0.4, 0.5) is 4.79 Å². The van der Waals surface area contributed by atoms with Gasteiger partial charge in [-0.15, -0.1) is 0 Å². The highest BCUT2D eigenvalue weighted by Gasteiger charge is 2.36. The van der Waals surface area contributed by atoms with Gasteiger partial charge in [-0.05, 0) is 47.8 Å². The van der Waals surface area contributed by atoms with Gasteiger partial charge in [0.1, 0.15) is 0 Å². The number of hydrogen-bond acceptors (Lipinski definition) is 3. The minimum atomic E-state index is -0.185. The van der Waals surface area contributed by atoms with Crippen LogP contribution < -0.4 is 10.6 Å². The Hall–Kier alpha value is -1.30. The first-order valence-corrected chi connectivity index (χ1v) is 7.19. The summed E-state index contributed by atoms with van der Waals surface area (Å²) in [5.41, 5.74) is -0.185. The standard InChI is InChI=1S/C14H28N4O2/c1-14(2,3)18-10-11(9-12(18)19)16-13(20)15-7-6-8-17(4)5/h11H,6-10H2,1-5H3,(H2,15,16,20). The van der Waals surface area contributed by atoms with Crippen molar-refractivity contribution in [2.24, 2.45) is 0 Å². The maximum Gasteiger partial charge on any atom is 0.315 e. The van der Waals surface area contributed by atoms with Gasteiger partial charge >= 0.3 is 6.03 Å². The van der Waals surface area contributed by atoms with Crippen molar-refractivity contribution >= 4 is 11.9 Å². The summed E-state index contributed by atoms with van der Waals surface area (Å²) >= 11 is 0. The van der Waals surface area contributed by atoms with Crippen molar-refractivity contribution in [1.29, 1.82) is 0 Å². The van der Waals surface area contributed by atoms with Crippen LogP contribution in [-0.2, 0) is 4.79 Å². The molecule has 6 heteroatoms.